The summed E-state index contributed by atoms with van der Waals surface area (Å²) in [5, 5.41) is 0. The number of hydrogen-bond donors (Lipinski definition) is 0. The number of ether oxygens (including phenoxy) is 3. The van der Waals surface area contributed by atoms with Crippen molar-refractivity contribution >= 4 is 17.9 Å². The number of carbonyl (C=O) groups is 3. The molecule has 0 saturated heterocycles. The first-order valence-corrected chi connectivity index (χ1v) is 29.3. The first kappa shape index (κ1) is 63.4. The molecule has 0 bridgehead atoms. The Kier molecular flexibility index (Phi) is 50.5. The summed E-state index contributed by atoms with van der Waals surface area (Å²) in [5.41, 5.74) is 0. The van der Waals surface area contributed by atoms with Gasteiger partial charge in [-0.25, -0.2) is 0 Å². The average molecular weight is 920 g/mol. The number of unbranched alkanes of at least 4 members (excludes halogenated alkanes) is 36. The monoisotopic (exact) mass is 919 g/mol. The normalized spacial score (nSPS) is 12.9. The topological polar surface area (TPSA) is 78.9 Å². The third kappa shape index (κ3) is 50.1. The summed E-state index contributed by atoms with van der Waals surface area (Å²) in [6.07, 6.45) is 55.1. The smallest absolute Gasteiger partial charge is 0.306 e. The fraction of sp³-hybridized carbons (Fsp3) is 0.949. The van der Waals surface area contributed by atoms with Crippen molar-refractivity contribution in [1.82, 2.24) is 0 Å². The molecule has 0 aromatic heterocycles. The summed E-state index contributed by atoms with van der Waals surface area (Å²) in [4.78, 5) is 38.1. The maximum Gasteiger partial charge on any atom is 0.306 e. The molecular weight excluding hydrogens is 805 g/mol. The molecule has 0 rings (SSSR count). The molecule has 6 nitrogen and oxygen atoms in total. The zero-order chi connectivity index (χ0) is 47.5. The molecule has 0 aliphatic rings. The van der Waals surface area contributed by atoms with Gasteiger partial charge in [-0.1, -0.05) is 291 Å². The van der Waals surface area contributed by atoms with Crippen LogP contribution < -0.4 is 0 Å². The zero-order valence-electron chi connectivity index (χ0n) is 44.6. The second-order valence-electron chi connectivity index (χ2n) is 20.8. The van der Waals surface area contributed by atoms with E-state index in [-0.39, 0.29) is 31.1 Å². The van der Waals surface area contributed by atoms with Crippen LogP contribution in [0.1, 0.15) is 330 Å². The lowest BCUT2D eigenvalue weighted by molar-refractivity contribution is -0.167. The van der Waals surface area contributed by atoms with Gasteiger partial charge in [-0.2, -0.15) is 0 Å². The predicted octanol–water partition coefficient (Wildman–Crippen LogP) is 19.3. The molecule has 0 aromatic rings. The summed E-state index contributed by atoms with van der Waals surface area (Å²) in [6.45, 7) is 11.5. The zero-order valence-corrected chi connectivity index (χ0v) is 44.6. The van der Waals surface area contributed by atoms with Crippen LogP contribution >= 0.6 is 0 Å². The van der Waals surface area contributed by atoms with Crippen LogP contribution in [-0.4, -0.2) is 37.2 Å². The van der Waals surface area contributed by atoms with Gasteiger partial charge in [-0.05, 0) is 31.1 Å². The molecule has 386 valence electrons. The first-order chi connectivity index (χ1) is 31.8. The van der Waals surface area contributed by atoms with Gasteiger partial charge in [0.15, 0.2) is 6.10 Å². The minimum atomic E-state index is -0.762. The fourth-order valence-corrected chi connectivity index (χ4v) is 8.99. The van der Waals surface area contributed by atoms with Crippen molar-refractivity contribution in [2.45, 2.75) is 336 Å². The second kappa shape index (κ2) is 51.8. The van der Waals surface area contributed by atoms with E-state index in [4.69, 9.17) is 14.2 Å². The minimum Gasteiger partial charge on any atom is -0.462 e. The highest BCUT2D eigenvalue weighted by Gasteiger charge is 2.19. The van der Waals surface area contributed by atoms with Gasteiger partial charge in [0.2, 0.25) is 0 Å². The Morgan fingerprint density at radius 2 is 0.538 bits per heavy atom. The van der Waals surface area contributed by atoms with E-state index in [0.29, 0.717) is 19.3 Å². The molecule has 0 aliphatic carbocycles. The van der Waals surface area contributed by atoms with Gasteiger partial charge < -0.3 is 14.2 Å². The Bertz CT molecular complexity index is 997. The molecule has 65 heavy (non-hydrogen) atoms. The van der Waals surface area contributed by atoms with E-state index in [9.17, 15) is 14.4 Å². The Hall–Kier alpha value is -1.59. The maximum atomic E-state index is 12.9. The van der Waals surface area contributed by atoms with Crippen LogP contribution in [0.3, 0.4) is 0 Å². The molecule has 0 aliphatic heterocycles. The van der Waals surface area contributed by atoms with Crippen LogP contribution in [0.25, 0.3) is 0 Å². The Labute approximate surface area is 406 Å². The van der Waals surface area contributed by atoms with Crippen LogP contribution in [0, 0.1) is 11.8 Å². The molecule has 0 amide bonds. The lowest BCUT2D eigenvalue weighted by atomic mass is 9.99. The maximum absolute atomic E-state index is 12.9. The quantitative estimate of drug-likeness (QED) is 0.0344. The molecule has 3 atom stereocenters. The van der Waals surface area contributed by atoms with Crippen molar-refractivity contribution in [1.29, 1.82) is 0 Å². The minimum absolute atomic E-state index is 0.0626. The van der Waals surface area contributed by atoms with E-state index in [1.165, 1.54) is 218 Å². The van der Waals surface area contributed by atoms with Crippen molar-refractivity contribution in [3.05, 3.63) is 0 Å². The van der Waals surface area contributed by atoms with Crippen LogP contribution in [0.15, 0.2) is 0 Å². The number of esters is 3. The summed E-state index contributed by atoms with van der Waals surface area (Å²) < 4.78 is 16.9. The highest BCUT2D eigenvalue weighted by molar-refractivity contribution is 5.71. The van der Waals surface area contributed by atoms with Crippen molar-refractivity contribution in [2.24, 2.45) is 11.8 Å². The van der Waals surface area contributed by atoms with Crippen molar-refractivity contribution < 1.29 is 28.6 Å². The van der Waals surface area contributed by atoms with E-state index in [2.05, 4.69) is 34.6 Å². The number of carbonyl (C=O) groups excluding carboxylic acids is 3. The van der Waals surface area contributed by atoms with Crippen LogP contribution in [-0.2, 0) is 28.6 Å². The first-order valence-electron chi connectivity index (χ1n) is 29.3. The van der Waals surface area contributed by atoms with Crippen molar-refractivity contribution in [2.75, 3.05) is 13.2 Å². The summed E-state index contributed by atoms with van der Waals surface area (Å²) in [6, 6.07) is 0. The standard InChI is InChI=1S/C59H114O6/c1-6-9-10-11-12-13-22-29-34-39-44-49-57(60)63-52-56(65-59(62)51-46-41-36-31-26-21-17-15-19-24-28-33-38-43-48-55(5)8-3)53-64-58(61)50-45-40-35-30-25-20-16-14-18-23-27-32-37-42-47-54(4)7-2/h54-56H,6-53H2,1-5H3/t54?,55?,56-/m0/s1. The van der Waals surface area contributed by atoms with Crippen LogP contribution in [0.2, 0.25) is 0 Å². The molecule has 0 fully saturated rings. The summed E-state index contributed by atoms with van der Waals surface area (Å²) >= 11 is 0. The van der Waals surface area contributed by atoms with Gasteiger partial charge in [0, 0.05) is 19.3 Å². The van der Waals surface area contributed by atoms with E-state index in [1.807, 2.05) is 0 Å². The Morgan fingerprint density at radius 3 is 0.800 bits per heavy atom. The molecule has 0 saturated carbocycles. The predicted molar refractivity (Wildman–Crippen MR) is 280 cm³/mol. The van der Waals surface area contributed by atoms with E-state index < -0.39 is 6.10 Å². The van der Waals surface area contributed by atoms with Gasteiger partial charge in [-0.3, -0.25) is 14.4 Å². The van der Waals surface area contributed by atoms with E-state index >= 15 is 0 Å². The lowest BCUT2D eigenvalue weighted by Crippen LogP contribution is -2.30. The largest absolute Gasteiger partial charge is 0.462 e. The highest BCUT2D eigenvalue weighted by Crippen LogP contribution is 2.19. The lowest BCUT2D eigenvalue weighted by Gasteiger charge is -2.18. The van der Waals surface area contributed by atoms with Gasteiger partial charge in [0.05, 0.1) is 0 Å². The molecule has 6 heteroatoms. The summed E-state index contributed by atoms with van der Waals surface area (Å²) in [5.74, 6) is 0.951. The van der Waals surface area contributed by atoms with E-state index in [0.717, 1.165) is 69.6 Å². The van der Waals surface area contributed by atoms with Gasteiger partial charge in [-0.15, -0.1) is 0 Å². The number of rotatable bonds is 53. The van der Waals surface area contributed by atoms with Crippen molar-refractivity contribution in [3.63, 3.8) is 0 Å². The van der Waals surface area contributed by atoms with Crippen molar-refractivity contribution in [3.8, 4) is 0 Å². The Balaban J connectivity index is 4.27. The van der Waals surface area contributed by atoms with Gasteiger partial charge >= 0.3 is 17.9 Å². The molecular formula is C59H114O6. The molecule has 0 radical (unpaired) electrons. The van der Waals surface area contributed by atoms with Gasteiger partial charge in [0.25, 0.3) is 0 Å². The van der Waals surface area contributed by atoms with Crippen LogP contribution in [0.5, 0.6) is 0 Å². The molecule has 0 spiro atoms. The third-order valence-corrected chi connectivity index (χ3v) is 14.2. The van der Waals surface area contributed by atoms with E-state index in [1.54, 1.807) is 0 Å². The average Bonchev–Trinajstić information content (AvgIpc) is 3.30. The third-order valence-electron chi connectivity index (χ3n) is 14.2. The van der Waals surface area contributed by atoms with Gasteiger partial charge in [0.1, 0.15) is 13.2 Å². The highest BCUT2D eigenvalue weighted by atomic mass is 16.6. The molecule has 0 aromatic carbocycles. The Morgan fingerprint density at radius 1 is 0.308 bits per heavy atom. The summed E-state index contributed by atoms with van der Waals surface area (Å²) in [7, 11) is 0. The van der Waals surface area contributed by atoms with Crippen LogP contribution in [0.4, 0.5) is 0 Å². The molecule has 2 unspecified atom stereocenters. The number of hydrogen-bond acceptors (Lipinski definition) is 6. The SMILES string of the molecule is CCCCCCCCCCCCCC(=O)OC[C@@H](COC(=O)CCCCCCCCCCCCCCCCC(C)CC)OC(=O)CCCCCCCCCCCCCCCCC(C)CC. The second-order valence-corrected chi connectivity index (χ2v) is 20.8. The fourth-order valence-electron chi connectivity index (χ4n) is 8.99. The molecule has 0 N–H and O–H groups in total. The molecule has 0 heterocycles.